The number of benzene rings is 2. The molecule has 8 heteroatoms. The van der Waals surface area contributed by atoms with E-state index in [2.05, 4.69) is 4.72 Å². The maximum Gasteiger partial charge on any atom is 0.237 e. The Morgan fingerprint density at radius 1 is 1.05 bits per heavy atom. The largest absolute Gasteiger partial charge is 0.454 e. The van der Waals surface area contributed by atoms with Gasteiger partial charge in [-0.25, -0.2) is 8.42 Å². The van der Waals surface area contributed by atoms with Gasteiger partial charge in [0.15, 0.2) is 11.5 Å². The Kier molecular flexibility index (Phi) is 4.08. The molecule has 22 heavy (non-hydrogen) atoms. The molecule has 2 aromatic carbocycles. The zero-order valence-electron chi connectivity index (χ0n) is 11.2. The van der Waals surface area contributed by atoms with Crippen molar-refractivity contribution in [2.75, 3.05) is 11.5 Å². The van der Waals surface area contributed by atoms with Crippen LogP contribution in [0.2, 0.25) is 10.0 Å². The summed E-state index contributed by atoms with van der Waals surface area (Å²) in [5.74, 6) is 0.757. The summed E-state index contributed by atoms with van der Waals surface area (Å²) < 4.78 is 37.4. The molecule has 3 rings (SSSR count). The summed E-state index contributed by atoms with van der Waals surface area (Å²) in [5, 5.41) is 0.618. The molecule has 0 aliphatic carbocycles. The van der Waals surface area contributed by atoms with Gasteiger partial charge >= 0.3 is 0 Å². The molecule has 0 amide bonds. The minimum absolute atomic E-state index is 0.126. The van der Waals surface area contributed by atoms with Gasteiger partial charge in [-0.3, -0.25) is 4.72 Å². The zero-order valence-corrected chi connectivity index (χ0v) is 13.5. The second kappa shape index (κ2) is 5.87. The first kappa shape index (κ1) is 15.3. The number of halogens is 2. The Balaban J connectivity index is 1.82. The van der Waals surface area contributed by atoms with E-state index in [1.807, 2.05) is 0 Å². The van der Waals surface area contributed by atoms with E-state index in [9.17, 15) is 8.42 Å². The van der Waals surface area contributed by atoms with Crippen LogP contribution in [-0.4, -0.2) is 15.2 Å². The Labute approximate surface area is 137 Å². The molecule has 0 saturated carbocycles. The second-order valence-corrected chi connectivity index (χ2v) is 7.17. The number of rotatable bonds is 4. The van der Waals surface area contributed by atoms with Crippen molar-refractivity contribution in [2.45, 2.75) is 5.75 Å². The predicted molar refractivity (Wildman–Crippen MR) is 85.3 cm³/mol. The average molecular weight is 360 g/mol. The number of sulfonamides is 1. The number of fused-ring (bicyclic) bond motifs is 1. The highest BCUT2D eigenvalue weighted by Gasteiger charge is 2.19. The molecule has 0 spiro atoms. The summed E-state index contributed by atoms with van der Waals surface area (Å²) in [6.45, 7) is 0.126. The molecule has 116 valence electrons. The molecule has 0 bridgehead atoms. The minimum Gasteiger partial charge on any atom is -0.454 e. The fourth-order valence-electron chi connectivity index (χ4n) is 2.04. The number of ether oxygens (including phenoxy) is 2. The van der Waals surface area contributed by atoms with Crippen molar-refractivity contribution in [3.8, 4) is 11.5 Å². The predicted octanol–water partition coefficient (Wildman–Crippen LogP) is 3.66. The van der Waals surface area contributed by atoms with E-state index in [0.717, 1.165) is 0 Å². The van der Waals surface area contributed by atoms with E-state index < -0.39 is 10.0 Å². The molecule has 1 aliphatic rings. The smallest absolute Gasteiger partial charge is 0.237 e. The molecule has 0 aromatic heterocycles. The molecular formula is C14H11Cl2NO4S. The van der Waals surface area contributed by atoms with Crippen LogP contribution >= 0.6 is 23.2 Å². The number of hydrogen-bond acceptors (Lipinski definition) is 4. The normalized spacial score (nSPS) is 13.2. The summed E-state index contributed by atoms with van der Waals surface area (Å²) in [7, 11) is -3.67. The van der Waals surface area contributed by atoms with Gasteiger partial charge in [0.2, 0.25) is 16.8 Å². The number of hydrogen-bond donors (Lipinski definition) is 1. The van der Waals surface area contributed by atoms with E-state index in [1.165, 1.54) is 0 Å². The van der Waals surface area contributed by atoms with Crippen molar-refractivity contribution in [1.82, 2.24) is 0 Å². The van der Waals surface area contributed by atoms with Crippen LogP contribution in [0.15, 0.2) is 36.4 Å². The Morgan fingerprint density at radius 2 is 1.73 bits per heavy atom. The average Bonchev–Trinajstić information content (AvgIpc) is 2.90. The lowest BCUT2D eigenvalue weighted by Gasteiger charge is -2.11. The first-order valence-electron chi connectivity index (χ1n) is 6.28. The lowest BCUT2D eigenvalue weighted by atomic mass is 10.2. The van der Waals surface area contributed by atoms with E-state index in [4.69, 9.17) is 32.7 Å². The third kappa shape index (κ3) is 3.24. The van der Waals surface area contributed by atoms with Gasteiger partial charge < -0.3 is 9.47 Å². The van der Waals surface area contributed by atoms with Crippen molar-refractivity contribution < 1.29 is 17.9 Å². The summed E-state index contributed by atoms with van der Waals surface area (Å²) >= 11 is 12.0. The maximum absolute atomic E-state index is 12.3. The maximum atomic E-state index is 12.3. The number of nitrogens with one attached hydrogen (secondary N) is 1. The second-order valence-electron chi connectivity index (χ2n) is 4.63. The van der Waals surface area contributed by atoms with E-state index in [-0.39, 0.29) is 12.5 Å². The molecule has 0 radical (unpaired) electrons. The fourth-order valence-corrected chi connectivity index (χ4v) is 3.97. The molecule has 2 aromatic rings. The Morgan fingerprint density at radius 3 is 2.45 bits per heavy atom. The van der Waals surface area contributed by atoms with Gasteiger partial charge in [-0.05, 0) is 24.3 Å². The van der Waals surface area contributed by atoms with Gasteiger partial charge in [-0.1, -0.05) is 29.3 Å². The third-order valence-corrected chi connectivity index (χ3v) is 4.97. The summed E-state index contributed by atoms with van der Waals surface area (Å²) in [5.41, 5.74) is 0.742. The Bertz CT molecular complexity index is 803. The molecule has 0 atom stereocenters. The molecular weight excluding hydrogens is 349 g/mol. The van der Waals surface area contributed by atoms with Crippen LogP contribution in [0, 0.1) is 0 Å². The first-order valence-corrected chi connectivity index (χ1v) is 8.68. The van der Waals surface area contributed by atoms with E-state index in [1.54, 1.807) is 36.4 Å². The monoisotopic (exact) mass is 359 g/mol. The van der Waals surface area contributed by atoms with Gasteiger partial charge in [-0.2, -0.15) is 0 Å². The van der Waals surface area contributed by atoms with Crippen LogP contribution in [0.1, 0.15) is 5.56 Å². The van der Waals surface area contributed by atoms with E-state index in [0.29, 0.717) is 32.8 Å². The molecule has 1 aliphatic heterocycles. The lowest BCUT2D eigenvalue weighted by Crippen LogP contribution is -2.15. The van der Waals surface area contributed by atoms with Crippen molar-refractivity contribution in [1.29, 1.82) is 0 Å². The van der Waals surface area contributed by atoms with Gasteiger partial charge in [0.05, 0.1) is 11.4 Å². The number of anilines is 1. The van der Waals surface area contributed by atoms with Crippen molar-refractivity contribution in [2.24, 2.45) is 0 Å². The zero-order chi connectivity index (χ0) is 15.7. The topological polar surface area (TPSA) is 64.6 Å². The molecule has 1 heterocycles. The quantitative estimate of drug-likeness (QED) is 0.904. The van der Waals surface area contributed by atoms with Crippen molar-refractivity contribution >= 4 is 38.9 Å². The van der Waals surface area contributed by atoms with Crippen molar-refractivity contribution in [3.05, 3.63) is 52.0 Å². The molecule has 1 N–H and O–H groups in total. The van der Waals surface area contributed by atoms with Gasteiger partial charge in [0.1, 0.15) is 0 Å². The van der Waals surface area contributed by atoms with Crippen LogP contribution in [0.4, 0.5) is 5.69 Å². The lowest BCUT2D eigenvalue weighted by molar-refractivity contribution is 0.174. The first-order chi connectivity index (χ1) is 10.4. The summed E-state index contributed by atoms with van der Waals surface area (Å²) in [6.07, 6.45) is 0. The molecule has 0 fully saturated rings. The molecule has 0 saturated heterocycles. The highest BCUT2D eigenvalue weighted by Crippen LogP contribution is 2.35. The molecule has 5 nitrogen and oxygen atoms in total. The standard InChI is InChI=1S/C14H11Cl2NO4S/c15-11-2-1-3-12(16)10(11)7-22(18,19)17-9-4-5-13-14(6-9)21-8-20-13/h1-6,17H,7-8H2. The minimum atomic E-state index is -3.67. The highest BCUT2D eigenvalue weighted by atomic mass is 35.5. The SMILES string of the molecule is O=S(=O)(Cc1c(Cl)cccc1Cl)Nc1ccc2c(c1)OCO2. The Hall–Kier alpha value is -1.63. The van der Waals surface area contributed by atoms with Crippen LogP contribution in [-0.2, 0) is 15.8 Å². The van der Waals surface area contributed by atoms with Crippen LogP contribution in [0.3, 0.4) is 0 Å². The summed E-state index contributed by atoms with van der Waals surface area (Å²) in [6, 6.07) is 9.65. The van der Waals surface area contributed by atoms with Gasteiger partial charge in [0, 0.05) is 21.7 Å². The molecule has 0 unspecified atom stereocenters. The van der Waals surface area contributed by atoms with Crippen molar-refractivity contribution in [3.63, 3.8) is 0 Å². The fraction of sp³-hybridized carbons (Fsp3) is 0.143. The van der Waals surface area contributed by atoms with E-state index >= 15 is 0 Å². The van der Waals surface area contributed by atoms with Crippen LogP contribution in [0.25, 0.3) is 0 Å². The van der Waals surface area contributed by atoms with Gasteiger partial charge in [0.25, 0.3) is 0 Å². The third-order valence-electron chi connectivity index (χ3n) is 3.04. The van der Waals surface area contributed by atoms with Gasteiger partial charge in [-0.15, -0.1) is 0 Å². The van der Waals surface area contributed by atoms with Crippen LogP contribution in [0.5, 0.6) is 11.5 Å². The van der Waals surface area contributed by atoms with Crippen LogP contribution < -0.4 is 14.2 Å². The highest BCUT2D eigenvalue weighted by molar-refractivity contribution is 7.91. The summed E-state index contributed by atoms with van der Waals surface area (Å²) in [4.78, 5) is 0.